The van der Waals surface area contributed by atoms with Gasteiger partial charge in [0.2, 0.25) is 0 Å². The van der Waals surface area contributed by atoms with Crippen molar-refractivity contribution in [3.05, 3.63) is 57.9 Å². The van der Waals surface area contributed by atoms with Gasteiger partial charge >= 0.3 is 5.97 Å². The summed E-state index contributed by atoms with van der Waals surface area (Å²) in [6, 6.07) is 10.5. The van der Waals surface area contributed by atoms with Crippen LogP contribution in [0.4, 0.5) is 5.82 Å². The lowest BCUT2D eigenvalue weighted by molar-refractivity contribution is 0.0697. The Morgan fingerprint density at radius 3 is 2.72 bits per heavy atom. The van der Waals surface area contributed by atoms with Gasteiger partial charge in [0.15, 0.2) is 5.82 Å². The number of aromatic amines is 1. The largest absolute Gasteiger partial charge is 0.478 e. The number of carbonyl (C=O) groups is 1. The number of carboxylic acid groups (broad SMARTS) is 1. The standard InChI is InChI=1S/C12H11N3O3/c16-10-6-9(12(17)18)11(15-14-10)13-7-8-4-2-1-3-5-8/h1-6H,7H2,(H,13,15)(H,14,16)(H,17,18). The van der Waals surface area contributed by atoms with E-state index in [-0.39, 0.29) is 11.4 Å². The molecule has 3 N–H and O–H groups in total. The minimum atomic E-state index is -1.19. The molecule has 0 amide bonds. The summed E-state index contributed by atoms with van der Waals surface area (Å²) < 4.78 is 0. The van der Waals surface area contributed by atoms with Gasteiger partial charge in [-0.05, 0) is 5.56 Å². The SMILES string of the molecule is O=C(O)c1cc(=O)[nH]nc1NCc1ccccc1. The summed E-state index contributed by atoms with van der Waals surface area (Å²) in [5.41, 5.74) is 0.300. The zero-order valence-corrected chi connectivity index (χ0v) is 9.38. The van der Waals surface area contributed by atoms with Crippen LogP contribution in [0.15, 0.2) is 41.2 Å². The Balaban J connectivity index is 2.19. The number of benzene rings is 1. The van der Waals surface area contributed by atoms with Crippen LogP contribution in [0.2, 0.25) is 0 Å². The molecule has 0 spiro atoms. The van der Waals surface area contributed by atoms with Gasteiger partial charge in [-0.3, -0.25) is 4.79 Å². The van der Waals surface area contributed by atoms with Crippen LogP contribution in [0.3, 0.4) is 0 Å². The molecule has 0 saturated heterocycles. The number of hydrogen-bond acceptors (Lipinski definition) is 4. The van der Waals surface area contributed by atoms with Gasteiger partial charge < -0.3 is 10.4 Å². The lowest BCUT2D eigenvalue weighted by atomic mass is 10.2. The number of H-pyrrole nitrogens is 1. The fraction of sp³-hybridized carbons (Fsp3) is 0.0833. The number of nitrogens with zero attached hydrogens (tertiary/aromatic N) is 1. The molecule has 0 fully saturated rings. The molecule has 0 saturated carbocycles. The molecule has 0 unspecified atom stereocenters. The lowest BCUT2D eigenvalue weighted by Crippen LogP contribution is -2.16. The minimum Gasteiger partial charge on any atom is -0.478 e. The van der Waals surface area contributed by atoms with E-state index >= 15 is 0 Å². The second-order valence-corrected chi connectivity index (χ2v) is 3.64. The topological polar surface area (TPSA) is 95.1 Å². The highest BCUT2D eigenvalue weighted by molar-refractivity contribution is 5.92. The number of carboxylic acids is 1. The van der Waals surface area contributed by atoms with E-state index in [0.717, 1.165) is 11.6 Å². The van der Waals surface area contributed by atoms with Crippen LogP contribution < -0.4 is 10.9 Å². The first kappa shape index (κ1) is 11.8. The average molecular weight is 245 g/mol. The molecular formula is C12H11N3O3. The summed E-state index contributed by atoms with van der Waals surface area (Å²) in [5, 5.41) is 17.7. The number of nitrogens with one attached hydrogen (secondary N) is 2. The molecule has 1 aromatic carbocycles. The molecule has 6 nitrogen and oxygen atoms in total. The molecule has 0 atom stereocenters. The Kier molecular flexibility index (Phi) is 3.38. The highest BCUT2D eigenvalue weighted by Crippen LogP contribution is 2.10. The maximum atomic E-state index is 11.0. The van der Waals surface area contributed by atoms with E-state index in [9.17, 15) is 9.59 Å². The molecule has 18 heavy (non-hydrogen) atoms. The van der Waals surface area contributed by atoms with Crippen molar-refractivity contribution >= 4 is 11.8 Å². The van der Waals surface area contributed by atoms with Crippen LogP contribution in [-0.2, 0) is 6.54 Å². The molecule has 92 valence electrons. The summed E-state index contributed by atoms with van der Waals surface area (Å²) in [6.07, 6.45) is 0. The number of hydrogen-bond donors (Lipinski definition) is 3. The molecular weight excluding hydrogens is 234 g/mol. The van der Waals surface area contributed by atoms with Crippen molar-refractivity contribution in [3.8, 4) is 0 Å². The van der Waals surface area contributed by atoms with Crippen molar-refractivity contribution in [3.63, 3.8) is 0 Å². The molecule has 1 heterocycles. The van der Waals surface area contributed by atoms with Crippen molar-refractivity contribution in [2.75, 3.05) is 5.32 Å². The van der Waals surface area contributed by atoms with Crippen molar-refractivity contribution < 1.29 is 9.90 Å². The van der Waals surface area contributed by atoms with Crippen LogP contribution >= 0.6 is 0 Å². The Bertz CT molecular complexity index is 607. The first-order valence-corrected chi connectivity index (χ1v) is 5.27. The van der Waals surface area contributed by atoms with Gasteiger partial charge in [0.05, 0.1) is 0 Å². The predicted octanol–water partition coefficient (Wildman–Crippen LogP) is 1.08. The Labute approximate surface area is 102 Å². The van der Waals surface area contributed by atoms with Crippen molar-refractivity contribution in [1.29, 1.82) is 0 Å². The van der Waals surface area contributed by atoms with Crippen LogP contribution in [-0.4, -0.2) is 21.3 Å². The zero-order chi connectivity index (χ0) is 13.0. The highest BCUT2D eigenvalue weighted by atomic mass is 16.4. The molecule has 2 aromatic rings. The molecule has 6 heteroatoms. The van der Waals surface area contributed by atoms with E-state index in [1.54, 1.807) is 0 Å². The van der Waals surface area contributed by atoms with Crippen molar-refractivity contribution in [2.45, 2.75) is 6.54 Å². The quantitative estimate of drug-likeness (QED) is 0.749. The van der Waals surface area contributed by atoms with E-state index in [2.05, 4.69) is 15.5 Å². The average Bonchev–Trinajstić information content (AvgIpc) is 2.38. The normalized spacial score (nSPS) is 10.0. The number of aromatic nitrogens is 2. The fourth-order valence-electron chi connectivity index (χ4n) is 1.48. The van der Waals surface area contributed by atoms with Gasteiger partial charge in [-0.1, -0.05) is 30.3 Å². The van der Waals surface area contributed by atoms with Crippen molar-refractivity contribution in [1.82, 2.24) is 10.2 Å². The van der Waals surface area contributed by atoms with Gasteiger partial charge in [-0.15, -0.1) is 0 Å². The van der Waals surface area contributed by atoms with Gasteiger partial charge in [-0.25, -0.2) is 9.89 Å². The minimum absolute atomic E-state index is 0.144. The molecule has 0 aliphatic rings. The summed E-state index contributed by atoms with van der Waals surface area (Å²) in [7, 11) is 0. The third kappa shape index (κ3) is 2.73. The number of aromatic carboxylic acids is 1. The second kappa shape index (κ2) is 5.13. The van der Waals surface area contributed by atoms with Gasteiger partial charge in [0, 0.05) is 12.6 Å². The van der Waals surface area contributed by atoms with Gasteiger partial charge in [0.25, 0.3) is 5.56 Å². The Morgan fingerprint density at radius 1 is 1.33 bits per heavy atom. The summed E-state index contributed by atoms with van der Waals surface area (Å²) in [6.45, 7) is 0.431. The van der Waals surface area contributed by atoms with E-state index in [4.69, 9.17) is 5.11 Å². The molecule has 1 aromatic heterocycles. The third-order valence-corrected chi connectivity index (χ3v) is 2.34. The zero-order valence-electron chi connectivity index (χ0n) is 9.38. The number of rotatable bonds is 4. The third-order valence-electron chi connectivity index (χ3n) is 2.34. The predicted molar refractivity (Wildman–Crippen MR) is 65.6 cm³/mol. The summed E-state index contributed by atoms with van der Waals surface area (Å²) in [4.78, 5) is 22.0. The molecule has 0 aliphatic carbocycles. The summed E-state index contributed by atoms with van der Waals surface area (Å²) in [5.74, 6) is -1.05. The smallest absolute Gasteiger partial charge is 0.339 e. The maximum Gasteiger partial charge on any atom is 0.339 e. The lowest BCUT2D eigenvalue weighted by Gasteiger charge is -2.07. The molecule has 0 bridgehead atoms. The second-order valence-electron chi connectivity index (χ2n) is 3.64. The van der Waals surface area contributed by atoms with Crippen molar-refractivity contribution in [2.24, 2.45) is 0 Å². The van der Waals surface area contributed by atoms with Gasteiger partial charge in [0.1, 0.15) is 5.56 Å². The number of anilines is 1. The molecule has 0 aliphatic heterocycles. The first-order valence-electron chi connectivity index (χ1n) is 5.27. The molecule has 0 radical (unpaired) electrons. The highest BCUT2D eigenvalue weighted by Gasteiger charge is 2.12. The van der Waals surface area contributed by atoms with E-state index < -0.39 is 11.5 Å². The van der Waals surface area contributed by atoms with Gasteiger partial charge in [-0.2, -0.15) is 5.10 Å². The first-order chi connectivity index (χ1) is 8.66. The van der Waals surface area contributed by atoms with E-state index in [1.807, 2.05) is 30.3 Å². The Morgan fingerprint density at radius 2 is 2.06 bits per heavy atom. The van der Waals surface area contributed by atoms with Crippen LogP contribution in [0.5, 0.6) is 0 Å². The van der Waals surface area contributed by atoms with Crippen LogP contribution in [0, 0.1) is 0 Å². The van der Waals surface area contributed by atoms with Crippen LogP contribution in [0.1, 0.15) is 15.9 Å². The fourth-order valence-corrected chi connectivity index (χ4v) is 1.48. The summed E-state index contributed by atoms with van der Waals surface area (Å²) >= 11 is 0. The van der Waals surface area contributed by atoms with E-state index in [0.29, 0.717) is 6.54 Å². The Hall–Kier alpha value is -2.63. The molecule has 2 rings (SSSR count). The van der Waals surface area contributed by atoms with Crippen LogP contribution in [0.25, 0.3) is 0 Å². The monoisotopic (exact) mass is 245 g/mol. The van der Waals surface area contributed by atoms with E-state index in [1.165, 1.54) is 0 Å². The maximum absolute atomic E-state index is 11.0.